The molecule has 0 saturated heterocycles. The van der Waals surface area contributed by atoms with Gasteiger partial charge in [0.25, 0.3) is 0 Å². The average molecular weight is 261 g/mol. The van der Waals surface area contributed by atoms with Crippen molar-refractivity contribution in [2.45, 2.75) is 65.8 Å². The second kappa shape index (κ2) is 11.2. The highest BCUT2D eigenvalue weighted by Gasteiger charge is 2.08. The molecular formula is C14H31NOS. The highest BCUT2D eigenvalue weighted by Crippen LogP contribution is 2.07. The van der Waals surface area contributed by atoms with E-state index in [9.17, 15) is 4.21 Å². The molecule has 0 aliphatic carbocycles. The molecule has 3 unspecified atom stereocenters. The minimum atomic E-state index is -0.602. The van der Waals surface area contributed by atoms with E-state index in [2.05, 4.69) is 33.0 Å². The van der Waals surface area contributed by atoms with Crippen molar-refractivity contribution in [2.75, 3.05) is 18.1 Å². The minimum Gasteiger partial charge on any atom is -0.314 e. The first-order chi connectivity index (χ1) is 8.13. The van der Waals surface area contributed by atoms with Gasteiger partial charge in [0.2, 0.25) is 0 Å². The molecule has 17 heavy (non-hydrogen) atoms. The van der Waals surface area contributed by atoms with Gasteiger partial charge in [-0.25, -0.2) is 0 Å². The van der Waals surface area contributed by atoms with E-state index in [1.807, 2.05) is 0 Å². The molecule has 0 fully saturated rings. The van der Waals surface area contributed by atoms with Crippen LogP contribution in [0.2, 0.25) is 0 Å². The van der Waals surface area contributed by atoms with Crippen molar-refractivity contribution in [1.29, 1.82) is 0 Å². The molecule has 0 aromatic heterocycles. The molecule has 0 bridgehead atoms. The van der Waals surface area contributed by atoms with Gasteiger partial charge in [-0.3, -0.25) is 4.21 Å². The van der Waals surface area contributed by atoms with Gasteiger partial charge in [0.1, 0.15) is 0 Å². The number of hydrogen-bond acceptors (Lipinski definition) is 2. The number of rotatable bonds is 11. The molecule has 1 N–H and O–H groups in total. The highest BCUT2D eigenvalue weighted by molar-refractivity contribution is 7.84. The zero-order chi connectivity index (χ0) is 13.1. The summed E-state index contributed by atoms with van der Waals surface area (Å²) in [6.07, 6.45) is 5.77. The summed E-state index contributed by atoms with van der Waals surface area (Å²) in [4.78, 5) is 0. The molecule has 0 heterocycles. The summed E-state index contributed by atoms with van der Waals surface area (Å²) in [5, 5.41) is 3.55. The van der Waals surface area contributed by atoms with Crippen LogP contribution in [0, 0.1) is 5.92 Å². The molecule has 0 aliphatic rings. The van der Waals surface area contributed by atoms with E-state index in [1.54, 1.807) is 0 Å². The Kier molecular flexibility index (Phi) is 11.3. The normalized spacial score (nSPS) is 16.7. The van der Waals surface area contributed by atoms with Crippen molar-refractivity contribution in [1.82, 2.24) is 5.32 Å². The summed E-state index contributed by atoms with van der Waals surface area (Å²) >= 11 is 0. The van der Waals surface area contributed by atoms with Crippen LogP contribution in [0.25, 0.3) is 0 Å². The van der Waals surface area contributed by atoms with E-state index in [0.29, 0.717) is 12.0 Å². The van der Waals surface area contributed by atoms with Crippen LogP contribution in [0.3, 0.4) is 0 Å². The molecule has 0 spiro atoms. The third-order valence-electron chi connectivity index (χ3n) is 3.27. The number of nitrogens with one attached hydrogen (secondary N) is 1. The first-order valence-corrected chi connectivity index (χ1v) is 8.71. The molecule has 3 heteroatoms. The maximum Gasteiger partial charge on any atom is 0.0260 e. The fourth-order valence-electron chi connectivity index (χ4n) is 1.81. The zero-order valence-electron chi connectivity index (χ0n) is 12.1. The van der Waals surface area contributed by atoms with Gasteiger partial charge in [-0.05, 0) is 38.1 Å². The van der Waals surface area contributed by atoms with Crippen molar-refractivity contribution in [3.05, 3.63) is 0 Å². The molecule has 0 radical (unpaired) electrons. The summed E-state index contributed by atoms with van der Waals surface area (Å²) in [6, 6.07) is 0.621. The second-order valence-corrected chi connectivity index (χ2v) is 6.65. The van der Waals surface area contributed by atoms with Gasteiger partial charge < -0.3 is 5.32 Å². The molecule has 0 aromatic carbocycles. The van der Waals surface area contributed by atoms with Crippen molar-refractivity contribution < 1.29 is 4.21 Å². The van der Waals surface area contributed by atoms with Crippen molar-refractivity contribution >= 4 is 10.8 Å². The molecule has 0 rings (SSSR count). The van der Waals surface area contributed by atoms with Crippen LogP contribution in [0.1, 0.15) is 59.8 Å². The van der Waals surface area contributed by atoms with Gasteiger partial charge in [-0.1, -0.05) is 34.1 Å². The van der Waals surface area contributed by atoms with Gasteiger partial charge in [0.15, 0.2) is 0 Å². The molecular weight excluding hydrogens is 230 g/mol. The third-order valence-corrected chi connectivity index (χ3v) is 4.95. The van der Waals surface area contributed by atoms with Crippen LogP contribution < -0.4 is 5.32 Å². The summed E-state index contributed by atoms with van der Waals surface area (Å²) in [5.41, 5.74) is 0. The predicted octanol–water partition coefficient (Wildman–Crippen LogP) is 3.34. The van der Waals surface area contributed by atoms with E-state index in [0.717, 1.165) is 30.9 Å². The Morgan fingerprint density at radius 3 is 2.41 bits per heavy atom. The fraction of sp³-hybridized carbons (Fsp3) is 1.00. The SMILES string of the molecule is CCCNC(CC)CCCS(=O)CC(C)CC. The summed E-state index contributed by atoms with van der Waals surface area (Å²) in [6.45, 7) is 9.89. The number of hydrogen-bond donors (Lipinski definition) is 1. The maximum atomic E-state index is 11.8. The van der Waals surface area contributed by atoms with Gasteiger partial charge in [-0.2, -0.15) is 0 Å². The molecule has 0 aromatic rings. The van der Waals surface area contributed by atoms with E-state index >= 15 is 0 Å². The smallest absolute Gasteiger partial charge is 0.0260 e. The fourth-order valence-corrected chi connectivity index (χ4v) is 3.33. The average Bonchev–Trinajstić information content (AvgIpc) is 2.33. The Labute approximate surface area is 110 Å². The predicted molar refractivity (Wildman–Crippen MR) is 78.9 cm³/mol. The van der Waals surface area contributed by atoms with Crippen LogP contribution in [0.5, 0.6) is 0 Å². The second-order valence-electron chi connectivity index (χ2n) is 5.03. The lowest BCUT2D eigenvalue weighted by Crippen LogP contribution is -2.29. The topological polar surface area (TPSA) is 29.1 Å². The Bertz CT molecular complexity index is 197. The first kappa shape index (κ1) is 17.1. The quantitative estimate of drug-likeness (QED) is 0.618. The molecule has 0 aliphatic heterocycles. The molecule has 0 amide bonds. The lowest BCUT2D eigenvalue weighted by atomic mass is 10.1. The molecule has 0 saturated carbocycles. The van der Waals surface area contributed by atoms with Crippen LogP contribution in [-0.4, -0.2) is 28.3 Å². The summed E-state index contributed by atoms with van der Waals surface area (Å²) < 4.78 is 11.8. The van der Waals surface area contributed by atoms with Crippen molar-refractivity contribution in [3.8, 4) is 0 Å². The summed E-state index contributed by atoms with van der Waals surface area (Å²) in [7, 11) is -0.602. The van der Waals surface area contributed by atoms with Gasteiger partial charge in [0, 0.05) is 28.3 Å². The zero-order valence-corrected chi connectivity index (χ0v) is 12.9. The maximum absolute atomic E-state index is 11.8. The van der Waals surface area contributed by atoms with Crippen LogP contribution in [0.4, 0.5) is 0 Å². The Hall–Kier alpha value is 0.110. The Balaban J connectivity index is 3.62. The lowest BCUT2D eigenvalue weighted by molar-refractivity contribution is 0.464. The van der Waals surface area contributed by atoms with Gasteiger partial charge in [0.05, 0.1) is 0 Å². The van der Waals surface area contributed by atoms with E-state index < -0.39 is 10.8 Å². The van der Waals surface area contributed by atoms with E-state index in [1.165, 1.54) is 19.3 Å². The van der Waals surface area contributed by atoms with Crippen molar-refractivity contribution in [2.24, 2.45) is 5.92 Å². The molecule has 2 nitrogen and oxygen atoms in total. The lowest BCUT2D eigenvalue weighted by Gasteiger charge is -2.16. The highest BCUT2D eigenvalue weighted by atomic mass is 32.2. The monoisotopic (exact) mass is 261 g/mol. The largest absolute Gasteiger partial charge is 0.314 e. The van der Waals surface area contributed by atoms with Crippen LogP contribution in [0.15, 0.2) is 0 Å². The van der Waals surface area contributed by atoms with Gasteiger partial charge in [-0.15, -0.1) is 0 Å². The van der Waals surface area contributed by atoms with Gasteiger partial charge >= 0.3 is 0 Å². The minimum absolute atomic E-state index is 0.602. The van der Waals surface area contributed by atoms with Crippen LogP contribution >= 0.6 is 0 Å². The van der Waals surface area contributed by atoms with Crippen molar-refractivity contribution in [3.63, 3.8) is 0 Å². The Morgan fingerprint density at radius 1 is 1.18 bits per heavy atom. The first-order valence-electron chi connectivity index (χ1n) is 7.22. The molecule has 3 atom stereocenters. The van der Waals surface area contributed by atoms with Crippen LogP contribution in [-0.2, 0) is 10.8 Å². The van der Waals surface area contributed by atoms with E-state index in [4.69, 9.17) is 0 Å². The van der Waals surface area contributed by atoms with E-state index in [-0.39, 0.29) is 0 Å². The summed E-state index contributed by atoms with van der Waals surface area (Å²) in [5.74, 6) is 2.38. The third kappa shape index (κ3) is 9.78. The standard InChI is InChI=1S/C14H31NOS/c1-5-10-15-14(7-3)9-8-11-17(16)12-13(4)6-2/h13-15H,5-12H2,1-4H3. The Morgan fingerprint density at radius 2 is 1.88 bits per heavy atom. The molecule has 104 valence electrons.